The van der Waals surface area contributed by atoms with Crippen LogP contribution < -0.4 is 5.32 Å². The van der Waals surface area contributed by atoms with Gasteiger partial charge in [0.2, 0.25) is 0 Å². The molecule has 0 aliphatic carbocycles. The molecule has 3 aromatic rings. The van der Waals surface area contributed by atoms with Gasteiger partial charge in [-0.05, 0) is 30.3 Å². The van der Waals surface area contributed by atoms with Crippen molar-refractivity contribution in [3.63, 3.8) is 0 Å². The van der Waals surface area contributed by atoms with Crippen molar-refractivity contribution in [1.82, 2.24) is 4.98 Å². The zero-order valence-electron chi connectivity index (χ0n) is 10.4. The van der Waals surface area contributed by atoms with Gasteiger partial charge < -0.3 is 15.4 Å². The minimum absolute atomic E-state index is 0.0256. The maximum Gasteiger partial charge on any atom is 0.272 e. The Hall–Kier alpha value is -2.27. The smallest absolute Gasteiger partial charge is 0.272 e. The van der Waals surface area contributed by atoms with Crippen molar-refractivity contribution in [2.45, 2.75) is 0 Å². The Labute approximate surface area is 123 Å². The first-order valence-electron chi connectivity index (χ1n) is 6.01. The minimum Gasteiger partial charge on any atom is -0.506 e. The van der Waals surface area contributed by atoms with Crippen molar-refractivity contribution < 1.29 is 9.90 Å². The predicted molar refractivity (Wildman–Crippen MR) is 82.1 cm³/mol. The second kappa shape index (κ2) is 5.02. The molecule has 0 bridgehead atoms. The molecule has 0 atom stereocenters. The van der Waals surface area contributed by atoms with Gasteiger partial charge >= 0.3 is 0 Å². The Morgan fingerprint density at radius 2 is 1.95 bits per heavy atom. The summed E-state index contributed by atoms with van der Waals surface area (Å²) >= 11 is 3.30. The molecular weight excluding hydrogens is 320 g/mol. The van der Waals surface area contributed by atoms with Gasteiger partial charge in [-0.3, -0.25) is 4.79 Å². The summed E-state index contributed by atoms with van der Waals surface area (Å²) in [5.74, 6) is -0.271. The van der Waals surface area contributed by atoms with Crippen molar-refractivity contribution in [2.24, 2.45) is 0 Å². The highest BCUT2D eigenvalue weighted by atomic mass is 79.9. The summed E-state index contributed by atoms with van der Waals surface area (Å²) in [5, 5.41) is 13.4. The Balaban J connectivity index is 1.90. The molecule has 1 heterocycles. The molecule has 0 aliphatic rings. The van der Waals surface area contributed by atoms with E-state index in [-0.39, 0.29) is 11.7 Å². The minimum atomic E-state index is -0.297. The molecule has 20 heavy (non-hydrogen) atoms. The van der Waals surface area contributed by atoms with Gasteiger partial charge in [0.1, 0.15) is 11.4 Å². The van der Waals surface area contributed by atoms with E-state index in [0.29, 0.717) is 11.4 Å². The number of nitrogens with one attached hydrogen (secondary N) is 2. The number of amides is 1. The lowest BCUT2D eigenvalue weighted by molar-refractivity contribution is 0.102. The van der Waals surface area contributed by atoms with Crippen LogP contribution in [-0.4, -0.2) is 16.0 Å². The largest absolute Gasteiger partial charge is 0.506 e. The van der Waals surface area contributed by atoms with Gasteiger partial charge in [0.05, 0.1) is 5.69 Å². The second-order valence-electron chi connectivity index (χ2n) is 4.39. The average molecular weight is 331 g/mol. The lowest BCUT2D eigenvalue weighted by Crippen LogP contribution is -2.12. The van der Waals surface area contributed by atoms with Crippen molar-refractivity contribution in [2.75, 3.05) is 5.32 Å². The predicted octanol–water partition coefficient (Wildman–Crippen LogP) is 3.89. The number of fused-ring (bicyclic) bond motifs is 1. The first-order valence-corrected chi connectivity index (χ1v) is 6.80. The molecule has 3 N–H and O–H groups in total. The number of hydrogen-bond acceptors (Lipinski definition) is 2. The van der Waals surface area contributed by atoms with Crippen molar-refractivity contribution in [1.29, 1.82) is 0 Å². The van der Waals surface area contributed by atoms with Crippen LogP contribution in [0.4, 0.5) is 5.69 Å². The Morgan fingerprint density at radius 1 is 1.15 bits per heavy atom. The summed E-state index contributed by atoms with van der Waals surface area (Å²) in [6.45, 7) is 0. The summed E-state index contributed by atoms with van der Waals surface area (Å²) in [4.78, 5) is 15.2. The van der Waals surface area contributed by atoms with Crippen LogP contribution >= 0.6 is 15.9 Å². The van der Waals surface area contributed by atoms with E-state index in [4.69, 9.17) is 0 Å². The van der Waals surface area contributed by atoms with Gasteiger partial charge in [-0.15, -0.1) is 0 Å². The molecule has 0 radical (unpaired) electrons. The number of anilines is 1. The number of para-hydroxylation sites is 1. The molecule has 0 saturated heterocycles. The molecule has 0 fully saturated rings. The second-order valence-corrected chi connectivity index (χ2v) is 5.30. The van der Waals surface area contributed by atoms with Gasteiger partial charge in [-0.1, -0.05) is 34.1 Å². The highest BCUT2D eigenvalue weighted by Gasteiger charge is 2.11. The molecule has 1 aromatic heterocycles. The van der Waals surface area contributed by atoms with Crippen LogP contribution in [0.25, 0.3) is 10.9 Å². The molecule has 0 unspecified atom stereocenters. The zero-order valence-corrected chi connectivity index (χ0v) is 11.9. The van der Waals surface area contributed by atoms with E-state index in [9.17, 15) is 9.90 Å². The number of aromatic amines is 1. The van der Waals surface area contributed by atoms with Crippen LogP contribution in [0.5, 0.6) is 5.75 Å². The number of halogens is 1. The van der Waals surface area contributed by atoms with E-state index < -0.39 is 0 Å². The van der Waals surface area contributed by atoms with E-state index in [1.807, 2.05) is 24.3 Å². The van der Waals surface area contributed by atoms with Crippen LogP contribution in [0.2, 0.25) is 0 Å². The van der Waals surface area contributed by atoms with Crippen molar-refractivity contribution in [3.05, 3.63) is 58.7 Å². The monoisotopic (exact) mass is 330 g/mol. The normalized spacial score (nSPS) is 10.7. The molecule has 0 aliphatic heterocycles. The number of rotatable bonds is 2. The molecule has 1 amide bonds. The molecule has 4 nitrogen and oxygen atoms in total. The van der Waals surface area contributed by atoms with Gasteiger partial charge in [0.15, 0.2) is 0 Å². The molecular formula is C15H11BrN2O2. The van der Waals surface area contributed by atoms with Crippen molar-refractivity contribution >= 4 is 38.4 Å². The number of phenols is 1. The summed E-state index contributed by atoms with van der Waals surface area (Å²) in [6.07, 6.45) is 0. The van der Waals surface area contributed by atoms with Gasteiger partial charge in [0.25, 0.3) is 5.91 Å². The molecule has 100 valence electrons. The van der Waals surface area contributed by atoms with E-state index in [0.717, 1.165) is 15.4 Å². The fraction of sp³-hybridized carbons (Fsp3) is 0. The highest BCUT2D eigenvalue weighted by molar-refractivity contribution is 9.10. The van der Waals surface area contributed by atoms with E-state index in [1.165, 1.54) is 6.07 Å². The maximum atomic E-state index is 12.2. The number of H-pyrrole nitrogens is 1. The highest BCUT2D eigenvalue weighted by Crippen LogP contribution is 2.27. The standard InChI is InChI=1S/C15H11BrN2O2/c16-10-5-6-14(19)12(8-10)18-15(20)13-7-9-3-1-2-4-11(9)17-13/h1-8,17,19H,(H,18,20). The Morgan fingerprint density at radius 3 is 2.75 bits per heavy atom. The lowest BCUT2D eigenvalue weighted by atomic mass is 10.2. The van der Waals surface area contributed by atoms with Crippen LogP contribution in [0.3, 0.4) is 0 Å². The zero-order chi connectivity index (χ0) is 14.1. The van der Waals surface area contributed by atoms with Crippen LogP contribution in [0, 0.1) is 0 Å². The third-order valence-electron chi connectivity index (χ3n) is 2.98. The first-order chi connectivity index (χ1) is 9.63. The topological polar surface area (TPSA) is 65.1 Å². The number of carbonyl (C=O) groups excluding carboxylic acids is 1. The molecule has 5 heteroatoms. The fourth-order valence-corrected chi connectivity index (χ4v) is 2.35. The number of carbonyl (C=O) groups is 1. The average Bonchev–Trinajstić information content (AvgIpc) is 2.87. The van der Waals surface area contributed by atoms with E-state index in [2.05, 4.69) is 26.2 Å². The summed E-state index contributed by atoms with van der Waals surface area (Å²) in [5.41, 5.74) is 1.71. The van der Waals surface area contributed by atoms with Crippen LogP contribution in [-0.2, 0) is 0 Å². The number of aromatic nitrogens is 1. The first kappa shape index (κ1) is 12.7. The number of phenolic OH excluding ortho intramolecular Hbond substituents is 1. The Bertz CT molecular complexity index is 762. The molecule has 2 aromatic carbocycles. The molecule has 0 spiro atoms. The molecule has 3 rings (SSSR count). The van der Waals surface area contributed by atoms with E-state index >= 15 is 0 Å². The SMILES string of the molecule is O=C(Nc1cc(Br)ccc1O)c1cc2ccccc2[nH]1. The summed E-state index contributed by atoms with van der Waals surface area (Å²) in [7, 11) is 0. The number of hydrogen-bond donors (Lipinski definition) is 3. The summed E-state index contributed by atoms with van der Waals surface area (Å²) in [6, 6.07) is 14.3. The maximum absolute atomic E-state index is 12.2. The van der Waals surface area contributed by atoms with Gasteiger partial charge in [0, 0.05) is 15.4 Å². The van der Waals surface area contributed by atoms with Gasteiger partial charge in [-0.25, -0.2) is 0 Å². The van der Waals surface area contributed by atoms with Gasteiger partial charge in [-0.2, -0.15) is 0 Å². The molecule has 0 saturated carbocycles. The van der Waals surface area contributed by atoms with Crippen LogP contribution in [0.1, 0.15) is 10.5 Å². The van der Waals surface area contributed by atoms with E-state index in [1.54, 1.807) is 18.2 Å². The Kier molecular flexibility index (Phi) is 3.20. The lowest BCUT2D eigenvalue weighted by Gasteiger charge is -2.06. The van der Waals surface area contributed by atoms with Crippen LogP contribution in [0.15, 0.2) is 53.0 Å². The fourth-order valence-electron chi connectivity index (χ4n) is 1.99. The summed E-state index contributed by atoms with van der Waals surface area (Å²) < 4.78 is 0.780. The number of aromatic hydroxyl groups is 1. The third-order valence-corrected chi connectivity index (χ3v) is 3.47. The number of benzene rings is 2. The quantitative estimate of drug-likeness (QED) is 0.624. The third kappa shape index (κ3) is 2.40. The van der Waals surface area contributed by atoms with Crippen molar-refractivity contribution in [3.8, 4) is 5.75 Å².